The highest BCUT2D eigenvalue weighted by atomic mass is 32.2. The number of hydrogen-bond donors (Lipinski definition) is 0. The van der Waals surface area contributed by atoms with Gasteiger partial charge in [-0.25, -0.2) is 8.42 Å². The minimum atomic E-state index is -3.70. The summed E-state index contributed by atoms with van der Waals surface area (Å²) in [6.45, 7) is 4.25. The van der Waals surface area contributed by atoms with E-state index < -0.39 is 10.0 Å². The van der Waals surface area contributed by atoms with Gasteiger partial charge in [0.2, 0.25) is 15.9 Å². The molecule has 0 N–H and O–H groups in total. The van der Waals surface area contributed by atoms with Gasteiger partial charge in [-0.2, -0.15) is 4.31 Å². The summed E-state index contributed by atoms with van der Waals surface area (Å²) in [6, 6.07) is 7.38. The number of fused-ring (bicyclic) bond motifs is 1. The quantitative estimate of drug-likeness (QED) is 0.648. The third-order valence-corrected chi connectivity index (χ3v) is 7.07. The van der Waals surface area contributed by atoms with Crippen LogP contribution in [0.5, 0.6) is 0 Å². The maximum Gasteiger partial charge on any atom is 0.248 e. The highest BCUT2D eigenvalue weighted by Gasteiger charge is 2.34. The van der Waals surface area contributed by atoms with E-state index in [1.807, 2.05) is 18.2 Å². The SMILES string of the molecule is Cc1noc(C)c1S(=O)(=O)N1CCN(C(=O)Cc2noc3ccccc23)CC1. The van der Waals surface area contributed by atoms with E-state index >= 15 is 0 Å². The molecule has 148 valence electrons. The molecule has 3 heterocycles. The number of aromatic nitrogens is 2. The zero-order valence-corrected chi connectivity index (χ0v) is 16.4. The van der Waals surface area contributed by atoms with Crippen molar-refractivity contribution in [2.45, 2.75) is 25.2 Å². The predicted octanol–water partition coefficient (Wildman–Crippen LogP) is 1.51. The van der Waals surface area contributed by atoms with E-state index in [9.17, 15) is 13.2 Å². The van der Waals surface area contributed by atoms with Crippen molar-refractivity contribution in [3.8, 4) is 0 Å². The second kappa shape index (κ2) is 7.02. The molecule has 0 unspecified atom stereocenters. The van der Waals surface area contributed by atoms with Crippen molar-refractivity contribution in [1.29, 1.82) is 0 Å². The second-order valence-corrected chi connectivity index (χ2v) is 8.62. The number of hydrogen-bond acceptors (Lipinski definition) is 7. The van der Waals surface area contributed by atoms with Crippen molar-refractivity contribution in [2.75, 3.05) is 26.2 Å². The second-order valence-electron chi connectivity index (χ2n) is 6.74. The van der Waals surface area contributed by atoms with E-state index in [0.717, 1.165) is 5.39 Å². The number of carbonyl (C=O) groups excluding carboxylic acids is 1. The number of aryl methyl sites for hydroxylation is 2. The molecule has 1 saturated heterocycles. The van der Waals surface area contributed by atoms with Gasteiger partial charge in [0.25, 0.3) is 0 Å². The molecule has 4 rings (SSSR count). The lowest BCUT2D eigenvalue weighted by Gasteiger charge is -2.33. The zero-order chi connectivity index (χ0) is 19.9. The molecule has 1 aliphatic heterocycles. The van der Waals surface area contributed by atoms with Crippen molar-refractivity contribution >= 4 is 26.9 Å². The lowest BCUT2D eigenvalue weighted by molar-refractivity contribution is -0.131. The van der Waals surface area contributed by atoms with E-state index in [1.54, 1.807) is 24.8 Å². The van der Waals surface area contributed by atoms with Gasteiger partial charge in [-0.15, -0.1) is 0 Å². The summed E-state index contributed by atoms with van der Waals surface area (Å²) in [7, 11) is -3.70. The molecular weight excluding hydrogens is 384 g/mol. The molecule has 0 atom stereocenters. The van der Waals surface area contributed by atoms with E-state index in [0.29, 0.717) is 30.1 Å². The molecule has 9 nitrogen and oxygen atoms in total. The Morgan fingerprint density at radius 1 is 1.07 bits per heavy atom. The third-order valence-electron chi connectivity index (χ3n) is 4.93. The summed E-state index contributed by atoms with van der Waals surface area (Å²) in [5, 5.41) is 8.53. The van der Waals surface area contributed by atoms with Crippen molar-refractivity contribution < 1.29 is 22.3 Å². The summed E-state index contributed by atoms with van der Waals surface area (Å²) in [5.74, 6) is 0.169. The summed E-state index contributed by atoms with van der Waals surface area (Å²) in [5.41, 5.74) is 1.57. The van der Waals surface area contributed by atoms with Gasteiger partial charge in [-0.1, -0.05) is 22.4 Å². The van der Waals surface area contributed by atoms with Crippen LogP contribution in [-0.2, 0) is 21.2 Å². The molecule has 3 aromatic rings. The Balaban J connectivity index is 1.43. The Hall–Kier alpha value is -2.72. The molecule has 0 aliphatic carbocycles. The van der Waals surface area contributed by atoms with Gasteiger partial charge >= 0.3 is 0 Å². The fourth-order valence-electron chi connectivity index (χ4n) is 3.47. The first-order valence-corrected chi connectivity index (χ1v) is 10.4. The van der Waals surface area contributed by atoms with E-state index in [-0.39, 0.29) is 36.1 Å². The molecule has 0 saturated carbocycles. The maximum atomic E-state index is 12.9. The Morgan fingerprint density at radius 3 is 2.46 bits per heavy atom. The Bertz CT molecular complexity index is 1110. The highest BCUT2D eigenvalue weighted by molar-refractivity contribution is 7.89. The van der Waals surface area contributed by atoms with Gasteiger partial charge in [0.1, 0.15) is 16.3 Å². The Labute approximate surface area is 161 Å². The van der Waals surface area contributed by atoms with Crippen LogP contribution in [0, 0.1) is 13.8 Å². The number of benzene rings is 1. The normalized spacial score (nSPS) is 16.0. The van der Waals surface area contributed by atoms with Crippen molar-refractivity contribution in [3.63, 3.8) is 0 Å². The van der Waals surface area contributed by atoms with Crippen LogP contribution >= 0.6 is 0 Å². The van der Waals surface area contributed by atoms with E-state index in [2.05, 4.69) is 10.3 Å². The summed E-state index contributed by atoms with van der Waals surface area (Å²) < 4.78 is 37.3. The van der Waals surface area contributed by atoms with Crippen LogP contribution in [0.4, 0.5) is 0 Å². The smallest absolute Gasteiger partial charge is 0.248 e. The van der Waals surface area contributed by atoms with Crippen LogP contribution in [0.15, 0.2) is 38.2 Å². The van der Waals surface area contributed by atoms with Crippen molar-refractivity contribution in [2.24, 2.45) is 0 Å². The van der Waals surface area contributed by atoms with E-state index in [4.69, 9.17) is 9.05 Å². The van der Waals surface area contributed by atoms with E-state index in [1.165, 1.54) is 4.31 Å². The number of piperazine rings is 1. The van der Waals surface area contributed by atoms with Gasteiger partial charge in [0, 0.05) is 31.6 Å². The minimum Gasteiger partial charge on any atom is -0.360 e. The van der Waals surface area contributed by atoms with Gasteiger partial charge in [0.15, 0.2) is 11.3 Å². The van der Waals surface area contributed by atoms with Gasteiger partial charge in [-0.05, 0) is 26.0 Å². The molecule has 1 amide bonds. The van der Waals surface area contributed by atoms with Gasteiger partial charge < -0.3 is 13.9 Å². The fraction of sp³-hybridized carbons (Fsp3) is 0.389. The number of rotatable bonds is 4. The molecule has 1 aliphatic rings. The predicted molar refractivity (Wildman–Crippen MR) is 99.0 cm³/mol. The first-order valence-electron chi connectivity index (χ1n) is 8.92. The van der Waals surface area contributed by atoms with Gasteiger partial charge in [-0.3, -0.25) is 4.79 Å². The number of nitrogens with zero attached hydrogens (tertiary/aromatic N) is 4. The number of amides is 1. The summed E-state index contributed by atoms with van der Waals surface area (Å²) in [4.78, 5) is 14.4. The molecule has 28 heavy (non-hydrogen) atoms. The minimum absolute atomic E-state index is 0.103. The van der Waals surface area contributed by atoms with Crippen LogP contribution in [0.3, 0.4) is 0 Å². The van der Waals surface area contributed by atoms with Crippen LogP contribution in [0.1, 0.15) is 17.1 Å². The summed E-state index contributed by atoms with van der Waals surface area (Å²) in [6.07, 6.45) is 0.119. The molecule has 0 bridgehead atoms. The lowest BCUT2D eigenvalue weighted by atomic mass is 10.1. The molecular formula is C18H20N4O5S. The molecule has 1 fully saturated rings. The molecule has 0 spiro atoms. The van der Waals surface area contributed by atoms with Crippen LogP contribution < -0.4 is 0 Å². The Morgan fingerprint density at radius 2 is 1.79 bits per heavy atom. The van der Waals surface area contributed by atoms with Crippen LogP contribution in [0.25, 0.3) is 11.0 Å². The first kappa shape index (κ1) is 18.6. The highest BCUT2D eigenvalue weighted by Crippen LogP contribution is 2.24. The first-order chi connectivity index (χ1) is 13.4. The summed E-state index contributed by atoms with van der Waals surface area (Å²) >= 11 is 0. The zero-order valence-electron chi connectivity index (χ0n) is 15.6. The number of carbonyl (C=O) groups is 1. The van der Waals surface area contributed by atoms with Gasteiger partial charge in [0.05, 0.1) is 6.42 Å². The fourth-order valence-corrected chi connectivity index (χ4v) is 5.18. The topological polar surface area (TPSA) is 110 Å². The average molecular weight is 404 g/mol. The third kappa shape index (κ3) is 3.18. The lowest BCUT2D eigenvalue weighted by Crippen LogP contribution is -2.51. The van der Waals surface area contributed by atoms with Crippen molar-refractivity contribution in [3.05, 3.63) is 41.4 Å². The monoisotopic (exact) mass is 404 g/mol. The van der Waals surface area contributed by atoms with Crippen LogP contribution in [0.2, 0.25) is 0 Å². The van der Waals surface area contributed by atoms with Crippen LogP contribution in [-0.4, -0.2) is 60.0 Å². The largest absolute Gasteiger partial charge is 0.360 e. The average Bonchev–Trinajstić information content (AvgIpc) is 3.25. The maximum absolute atomic E-state index is 12.9. The molecule has 10 heteroatoms. The number of sulfonamides is 1. The molecule has 1 aromatic carbocycles. The molecule has 0 radical (unpaired) electrons. The molecule has 2 aromatic heterocycles. The number of para-hydroxylation sites is 1. The van der Waals surface area contributed by atoms with Crippen molar-refractivity contribution in [1.82, 2.24) is 19.5 Å². The standard InChI is InChI=1S/C18H20N4O5S/c1-12-18(13(2)26-19-12)28(24,25)22-9-7-21(8-10-22)17(23)11-15-14-5-3-4-6-16(14)27-20-15/h3-6H,7-11H2,1-2H3. The Kier molecular flexibility index (Phi) is 4.68.